The summed E-state index contributed by atoms with van der Waals surface area (Å²) < 4.78 is 11.1. The molecule has 20 heavy (non-hydrogen) atoms. The lowest BCUT2D eigenvalue weighted by Gasteiger charge is -2.25. The first-order valence-corrected chi connectivity index (χ1v) is 7.04. The monoisotopic (exact) mass is 276 g/mol. The summed E-state index contributed by atoms with van der Waals surface area (Å²) in [7, 11) is 1.88. The number of likely N-dealkylation sites (N-methyl/N-ethyl adjacent to an activating group) is 1. The Morgan fingerprint density at radius 1 is 1.35 bits per heavy atom. The van der Waals surface area contributed by atoms with Gasteiger partial charge in [-0.1, -0.05) is 18.2 Å². The van der Waals surface area contributed by atoms with Gasteiger partial charge in [-0.25, -0.2) is 0 Å². The maximum atomic E-state index is 12.7. The van der Waals surface area contributed by atoms with Crippen LogP contribution in [0.2, 0.25) is 0 Å². The third-order valence-electron chi connectivity index (χ3n) is 4.03. The number of nitrogens with one attached hydrogen (secondary N) is 1. The SMILES string of the molecule is CNC1COCC1C(=O)N1CCOc2ccccc2C1. The van der Waals surface area contributed by atoms with Gasteiger partial charge in [0.1, 0.15) is 12.4 Å². The van der Waals surface area contributed by atoms with Crippen LogP contribution in [0.1, 0.15) is 5.56 Å². The molecule has 0 bridgehead atoms. The average molecular weight is 276 g/mol. The van der Waals surface area contributed by atoms with Gasteiger partial charge in [0.2, 0.25) is 5.91 Å². The van der Waals surface area contributed by atoms with Crippen LogP contribution in [0.4, 0.5) is 0 Å². The van der Waals surface area contributed by atoms with E-state index in [0.717, 1.165) is 11.3 Å². The molecule has 0 aromatic heterocycles. The highest BCUT2D eigenvalue weighted by Gasteiger charge is 2.36. The number of nitrogens with zero attached hydrogens (tertiary/aromatic N) is 1. The van der Waals surface area contributed by atoms with E-state index < -0.39 is 0 Å². The van der Waals surface area contributed by atoms with Crippen molar-refractivity contribution in [1.82, 2.24) is 10.2 Å². The average Bonchev–Trinajstić information content (AvgIpc) is 2.85. The molecule has 2 aliphatic heterocycles. The maximum absolute atomic E-state index is 12.7. The fraction of sp³-hybridized carbons (Fsp3) is 0.533. The van der Waals surface area contributed by atoms with E-state index in [-0.39, 0.29) is 17.9 Å². The normalized spacial score (nSPS) is 25.8. The van der Waals surface area contributed by atoms with E-state index in [4.69, 9.17) is 9.47 Å². The van der Waals surface area contributed by atoms with Crippen molar-refractivity contribution in [1.29, 1.82) is 0 Å². The minimum atomic E-state index is -0.0923. The van der Waals surface area contributed by atoms with Crippen LogP contribution in [0.3, 0.4) is 0 Å². The van der Waals surface area contributed by atoms with Gasteiger partial charge in [0.15, 0.2) is 0 Å². The first-order valence-electron chi connectivity index (χ1n) is 7.04. The Balaban J connectivity index is 1.76. The van der Waals surface area contributed by atoms with E-state index in [1.165, 1.54) is 0 Å². The molecule has 1 aromatic rings. The van der Waals surface area contributed by atoms with Gasteiger partial charge < -0.3 is 19.7 Å². The lowest BCUT2D eigenvalue weighted by atomic mass is 10.0. The number of carbonyl (C=O) groups excluding carboxylic acids is 1. The molecule has 0 radical (unpaired) electrons. The quantitative estimate of drug-likeness (QED) is 0.861. The number of para-hydroxylation sites is 1. The first-order chi connectivity index (χ1) is 9.79. The van der Waals surface area contributed by atoms with E-state index in [9.17, 15) is 4.79 Å². The number of hydrogen-bond acceptors (Lipinski definition) is 4. The largest absolute Gasteiger partial charge is 0.491 e. The smallest absolute Gasteiger partial charge is 0.230 e. The molecular formula is C15H20N2O3. The Labute approximate surface area is 118 Å². The summed E-state index contributed by atoms with van der Waals surface area (Å²) in [5.74, 6) is 0.947. The van der Waals surface area contributed by atoms with Crippen molar-refractivity contribution in [2.24, 2.45) is 5.92 Å². The molecule has 5 heteroatoms. The molecule has 108 valence electrons. The molecule has 0 saturated carbocycles. The predicted octanol–water partition coefficient (Wildman–Crippen LogP) is 0.642. The van der Waals surface area contributed by atoms with E-state index in [0.29, 0.717) is 32.9 Å². The first kappa shape index (κ1) is 13.4. The summed E-state index contributed by atoms with van der Waals surface area (Å²) in [5, 5.41) is 3.17. The Hall–Kier alpha value is -1.59. The van der Waals surface area contributed by atoms with Gasteiger partial charge in [0.05, 0.1) is 25.7 Å². The Bertz CT molecular complexity index is 492. The number of rotatable bonds is 2. The molecule has 2 atom stereocenters. The van der Waals surface area contributed by atoms with Gasteiger partial charge in [0.25, 0.3) is 0 Å². The zero-order chi connectivity index (χ0) is 13.9. The fourth-order valence-electron chi connectivity index (χ4n) is 2.83. The van der Waals surface area contributed by atoms with Crippen molar-refractivity contribution in [3.05, 3.63) is 29.8 Å². The molecule has 2 heterocycles. The van der Waals surface area contributed by atoms with Gasteiger partial charge in [-0.05, 0) is 13.1 Å². The highest BCUT2D eigenvalue weighted by atomic mass is 16.5. The third-order valence-corrected chi connectivity index (χ3v) is 4.03. The molecule has 5 nitrogen and oxygen atoms in total. The van der Waals surface area contributed by atoms with Crippen molar-refractivity contribution >= 4 is 5.91 Å². The second-order valence-electron chi connectivity index (χ2n) is 5.26. The minimum absolute atomic E-state index is 0.0923. The highest BCUT2D eigenvalue weighted by Crippen LogP contribution is 2.25. The summed E-state index contributed by atoms with van der Waals surface area (Å²) >= 11 is 0. The number of fused-ring (bicyclic) bond motifs is 1. The number of carbonyl (C=O) groups is 1. The second kappa shape index (κ2) is 5.81. The van der Waals surface area contributed by atoms with Crippen LogP contribution in [0.15, 0.2) is 24.3 Å². The Morgan fingerprint density at radius 2 is 2.20 bits per heavy atom. The summed E-state index contributed by atoms with van der Waals surface area (Å²) in [6.07, 6.45) is 0. The van der Waals surface area contributed by atoms with Crippen molar-refractivity contribution in [3.8, 4) is 5.75 Å². The van der Waals surface area contributed by atoms with Crippen LogP contribution < -0.4 is 10.1 Å². The number of benzene rings is 1. The lowest BCUT2D eigenvalue weighted by Crippen LogP contribution is -2.45. The van der Waals surface area contributed by atoms with Crippen LogP contribution in [0, 0.1) is 5.92 Å². The van der Waals surface area contributed by atoms with Gasteiger partial charge in [-0.3, -0.25) is 4.79 Å². The third kappa shape index (κ3) is 2.51. The molecule has 1 N–H and O–H groups in total. The van der Waals surface area contributed by atoms with Gasteiger partial charge in [0, 0.05) is 18.2 Å². The molecule has 0 spiro atoms. The molecule has 1 amide bonds. The van der Waals surface area contributed by atoms with Crippen molar-refractivity contribution in [2.45, 2.75) is 12.6 Å². The summed E-state index contributed by atoms with van der Waals surface area (Å²) in [5.41, 5.74) is 1.07. The van der Waals surface area contributed by atoms with E-state index in [2.05, 4.69) is 5.32 Å². The topological polar surface area (TPSA) is 50.8 Å². The Kier molecular flexibility index (Phi) is 3.89. The molecule has 1 saturated heterocycles. The maximum Gasteiger partial charge on any atom is 0.230 e. The molecular weight excluding hydrogens is 256 g/mol. The van der Waals surface area contributed by atoms with Gasteiger partial charge in [-0.2, -0.15) is 0 Å². The predicted molar refractivity (Wildman–Crippen MR) is 74.5 cm³/mol. The van der Waals surface area contributed by atoms with E-state index in [1.807, 2.05) is 36.2 Å². The van der Waals surface area contributed by atoms with Crippen LogP contribution >= 0.6 is 0 Å². The van der Waals surface area contributed by atoms with Crippen molar-refractivity contribution < 1.29 is 14.3 Å². The minimum Gasteiger partial charge on any atom is -0.491 e. The van der Waals surface area contributed by atoms with Crippen LogP contribution in [-0.2, 0) is 16.1 Å². The molecule has 2 unspecified atom stereocenters. The van der Waals surface area contributed by atoms with Gasteiger partial charge in [-0.15, -0.1) is 0 Å². The van der Waals surface area contributed by atoms with E-state index in [1.54, 1.807) is 0 Å². The molecule has 1 aromatic carbocycles. The van der Waals surface area contributed by atoms with Crippen LogP contribution in [0.25, 0.3) is 0 Å². The molecule has 1 fully saturated rings. The van der Waals surface area contributed by atoms with Crippen molar-refractivity contribution in [3.63, 3.8) is 0 Å². The summed E-state index contributed by atoms with van der Waals surface area (Å²) in [4.78, 5) is 14.6. The van der Waals surface area contributed by atoms with Gasteiger partial charge >= 0.3 is 0 Å². The molecule has 2 aliphatic rings. The van der Waals surface area contributed by atoms with Crippen molar-refractivity contribution in [2.75, 3.05) is 33.4 Å². The zero-order valence-corrected chi connectivity index (χ0v) is 11.7. The fourth-order valence-corrected chi connectivity index (χ4v) is 2.83. The Morgan fingerprint density at radius 3 is 3.05 bits per heavy atom. The number of hydrogen-bond donors (Lipinski definition) is 1. The van der Waals surface area contributed by atoms with Crippen LogP contribution in [0.5, 0.6) is 5.75 Å². The lowest BCUT2D eigenvalue weighted by molar-refractivity contribution is -0.136. The highest BCUT2D eigenvalue weighted by molar-refractivity contribution is 5.80. The zero-order valence-electron chi connectivity index (χ0n) is 11.7. The standard InChI is InChI=1S/C15H20N2O3/c1-16-13-10-19-9-12(13)15(18)17-6-7-20-14-5-3-2-4-11(14)8-17/h2-5,12-13,16H,6-10H2,1H3. The second-order valence-corrected chi connectivity index (χ2v) is 5.26. The summed E-state index contributed by atoms with van der Waals surface area (Å²) in [6, 6.07) is 8.02. The summed E-state index contributed by atoms with van der Waals surface area (Å²) in [6.45, 7) is 2.89. The molecule has 3 rings (SSSR count). The van der Waals surface area contributed by atoms with Crippen LogP contribution in [-0.4, -0.2) is 50.3 Å². The van der Waals surface area contributed by atoms with E-state index >= 15 is 0 Å². The number of ether oxygens (including phenoxy) is 2. The number of amides is 1. The molecule has 0 aliphatic carbocycles.